The molecule has 0 amide bonds. The molecule has 2 heterocycles. The van der Waals surface area contributed by atoms with Gasteiger partial charge in [0.25, 0.3) is 0 Å². The Kier molecular flexibility index (Phi) is 2.64. The fourth-order valence-electron chi connectivity index (χ4n) is 1.22. The Morgan fingerprint density at radius 3 is 2.80 bits per heavy atom. The Bertz CT molecular complexity index is 484. The standard InChI is InChI=1S/C10H9FN2OS/c1-6-10(14-2)15-9(13-6)7-3-8(11)5-12-4-7/h3-5H,1-2H3. The summed E-state index contributed by atoms with van der Waals surface area (Å²) >= 11 is 1.38. The van der Waals surface area contributed by atoms with Crippen molar-refractivity contribution in [2.45, 2.75) is 6.92 Å². The number of halogens is 1. The third-order valence-corrected chi connectivity index (χ3v) is 3.06. The van der Waals surface area contributed by atoms with Gasteiger partial charge in [-0.05, 0) is 13.0 Å². The van der Waals surface area contributed by atoms with Gasteiger partial charge in [-0.15, -0.1) is 0 Å². The first-order valence-corrected chi connectivity index (χ1v) is 5.14. The van der Waals surface area contributed by atoms with Crippen LogP contribution in [0.4, 0.5) is 4.39 Å². The predicted molar refractivity (Wildman–Crippen MR) is 56.6 cm³/mol. The monoisotopic (exact) mass is 224 g/mol. The summed E-state index contributed by atoms with van der Waals surface area (Å²) in [5.74, 6) is -0.362. The van der Waals surface area contributed by atoms with E-state index in [1.807, 2.05) is 6.92 Å². The minimum atomic E-state index is -0.362. The number of pyridine rings is 1. The van der Waals surface area contributed by atoms with Gasteiger partial charge in [-0.1, -0.05) is 11.3 Å². The molecule has 0 unspecified atom stereocenters. The fraction of sp³-hybridized carbons (Fsp3) is 0.200. The zero-order chi connectivity index (χ0) is 10.8. The molecule has 0 N–H and O–H groups in total. The van der Waals surface area contributed by atoms with E-state index in [1.54, 1.807) is 13.3 Å². The molecule has 0 saturated carbocycles. The van der Waals surface area contributed by atoms with Crippen molar-refractivity contribution in [3.63, 3.8) is 0 Å². The molecule has 0 aliphatic heterocycles. The first-order chi connectivity index (χ1) is 7.20. The second-order valence-corrected chi connectivity index (χ2v) is 3.95. The average Bonchev–Trinajstić information content (AvgIpc) is 2.60. The van der Waals surface area contributed by atoms with Crippen molar-refractivity contribution < 1.29 is 9.13 Å². The summed E-state index contributed by atoms with van der Waals surface area (Å²) in [5, 5.41) is 1.46. The molecule has 2 aromatic heterocycles. The highest BCUT2D eigenvalue weighted by molar-refractivity contribution is 7.16. The summed E-state index contributed by atoms with van der Waals surface area (Å²) in [4.78, 5) is 8.06. The van der Waals surface area contributed by atoms with Gasteiger partial charge in [0, 0.05) is 11.8 Å². The van der Waals surface area contributed by atoms with Gasteiger partial charge in [-0.2, -0.15) is 0 Å². The van der Waals surface area contributed by atoms with Crippen LogP contribution in [0.1, 0.15) is 5.69 Å². The van der Waals surface area contributed by atoms with Crippen LogP contribution in [-0.4, -0.2) is 17.1 Å². The molecule has 0 radical (unpaired) electrons. The Morgan fingerprint density at radius 2 is 2.20 bits per heavy atom. The van der Waals surface area contributed by atoms with Gasteiger partial charge in [-0.25, -0.2) is 9.37 Å². The molecule has 3 nitrogen and oxygen atoms in total. The summed E-state index contributed by atoms with van der Waals surface area (Å²) in [6.45, 7) is 1.85. The molecule has 0 aliphatic rings. The SMILES string of the molecule is COc1sc(-c2cncc(F)c2)nc1C. The number of aryl methyl sites for hydroxylation is 1. The lowest BCUT2D eigenvalue weighted by Crippen LogP contribution is -1.82. The van der Waals surface area contributed by atoms with E-state index >= 15 is 0 Å². The molecule has 2 aromatic rings. The van der Waals surface area contributed by atoms with Crippen LogP contribution in [0.2, 0.25) is 0 Å². The van der Waals surface area contributed by atoms with E-state index in [1.165, 1.54) is 23.6 Å². The van der Waals surface area contributed by atoms with Gasteiger partial charge in [-0.3, -0.25) is 4.98 Å². The molecule has 0 fully saturated rings. The second-order valence-electron chi connectivity index (χ2n) is 2.99. The Morgan fingerprint density at radius 1 is 1.40 bits per heavy atom. The normalized spacial score (nSPS) is 10.3. The Balaban J connectivity index is 2.45. The van der Waals surface area contributed by atoms with Crippen LogP contribution in [0.25, 0.3) is 10.6 Å². The van der Waals surface area contributed by atoms with E-state index in [9.17, 15) is 4.39 Å². The van der Waals surface area contributed by atoms with Gasteiger partial charge >= 0.3 is 0 Å². The molecular formula is C10H9FN2OS. The third kappa shape index (κ3) is 1.97. The number of methoxy groups -OCH3 is 1. The molecule has 0 saturated heterocycles. The molecular weight excluding hydrogens is 215 g/mol. The number of ether oxygens (including phenoxy) is 1. The molecule has 15 heavy (non-hydrogen) atoms. The van der Waals surface area contributed by atoms with Crippen LogP contribution >= 0.6 is 11.3 Å². The van der Waals surface area contributed by atoms with E-state index in [0.717, 1.165) is 15.8 Å². The third-order valence-electron chi connectivity index (χ3n) is 1.89. The number of nitrogens with zero attached hydrogens (tertiary/aromatic N) is 2. The molecule has 0 spiro atoms. The maximum atomic E-state index is 12.9. The van der Waals surface area contributed by atoms with Crippen LogP contribution in [0, 0.1) is 12.7 Å². The van der Waals surface area contributed by atoms with Gasteiger partial charge in [0.2, 0.25) is 0 Å². The summed E-state index contributed by atoms with van der Waals surface area (Å²) in [7, 11) is 1.59. The molecule has 0 bridgehead atoms. The number of thiazole rings is 1. The van der Waals surface area contributed by atoms with Crippen molar-refractivity contribution >= 4 is 11.3 Å². The van der Waals surface area contributed by atoms with Gasteiger partial charge < -0.3 is 4.74 Å². The minimum absolute atomic E-state index is 0.362. The van der Waals surface area contributed by atoms with Crippen molar-refractivity contribution in [3.8, 4) is 15.6 Å². The number of hydrogen-bond donors (Lipinski definition) is 0. The van der Waals surface area contributed by atoms with Crippen LogP contribution in [-0.2, 0) is 0 Å². The molecule has 5 heteroatoms. The van der Waals surface area contributed by atoms with Gasteiger partial charge in [0.1, 0.15) is 10.8 Å². The average molecular weight is 224 g/mol. The summed E-state index contributed by atoms with van der Waals surface area (Å²) in [5.41, 5.74) is 1.48. The van der Waals surface area contributed by atoms with Crippen molar-refractivity contribution in [1.82, 2.24) is 9.97 Å². The highest BCUT2D eigenvalue weighted by Gasteiger charge is 2.10. The quantitative estimate of drug-likeness (QED) is 0.786. The molecule has 2 rings (SSSR count). The largest absolute Gasteiger partial charge is 0.486 e. The highest BCUT2D eigenvalue weighted by Crippen LogP contribution is 2.32. The predicted octanol–water partition coefficient (Wildman–Crippen LogP) is 2.66. The zero-order valence-electron chi connectivity index (χ0n) is 8.32. The minimum Gasteiger partial charge on any atom is -0.486 e. The molecule has 0 aromatic carbocycles. The molecule has 0 atom stereocenters. The molecule has 0 aliphatic carbocycles. The number of hydrogen-bond acceptors (Lipinski definition) is 4. The topological polar surface area (TPSA) is 35.0 Å². The van der Waals surface area contributed by atoms with E-state index < -0.39 is 0 Å². The summed E-state index contributed by atoms with van der Waals surface area (Å²) < 4.78 is 18.0. The number of aromatic nitrogens is 2. The molecule has 78 valence electrons. The Labute approximate surface area is 90.6 Å². The van der Waals surface area contributed by atoms with Crippen molar-refractivity contribution in [2.24, 2.45) is 0 Å². The smallest absolute Gasteiger partial charge is 0.197 e. The lowest BCUT2D eigenvalue weighted by atomic mass is 10.3. The van der Waals surface area contributed by atoms with Crippen molar-refractivity contribution in [2.75, 3.05) is 7.11 Å². The maximum absolute atomic E-state index is 12.9. The summed E-state index contributed by atoms with van der Waals surface area (Å²) in [6, 6.07) is 1.41. The van der Waals surface area contributed by atoms with E-state index in [2.05, 4.69) is 9.97 Å². The van der Waals surface area contributed by atoms with E-state index in [0.29, 0.717) is 5.56 Å². The lowest BCUT2D eigenvalue weighted by Gasteiger charge is -1.94. The summed E-state index contributed by atoms with van der Waals surface area (Å²) in [6.07, 6.45) is 2.75. The number of rotatable bonds is 2. The van der Waals surface area contributed by atoms with Crippen molar-refractivity contribution in [3.05, 3.63) is 30.0 Å². The van der Waals surface area contributed by atoms with Crippen LogP contribution < -0.4 is 4.74 Å². The van der Waals surface area contributed by atoms with Gasteiger partial charge in [0.15, 0.2) is 5.06 Å². The van der Waals surface area contributed by atoms with Crippen LogP contribution in [0.5, 0.6) is 5.06 Å². The van der Waals surface area contributed by atoms with Crippen LogP contribution in [0.3, 0.4) is 0 Å². The second kappa shape index (κ2) is 3.94. The zero-order valence-corrected chi connectivity index (χ0v) is 9.14. The van der Waals surface area contributed by atoms with E-state index in [-0.39, 0.29) is 5.82 Å². The fourth-order valence-corrected chi connectivity index (χ4v) is 2.09. The highest BCUT2D eigenvalue weighted by atomic mass is 32.1. The lowest BCUT2D eigenvalue weighted by molar-refractivity contribution is 0.423. The first kappa shape index (κ1) is 10.0. The maximum Gasteiger partial charge on any atom is 0.197 e. The van der Waals surface area contributed by atoms with Gasteiger partial charge in [0.05, 0.1) is 19.0 Å². The van der Waals surface area contributed by atoms with Crippen LogP contribution in [0.15, 0.2) is 18.5 Å². The van der Waals surface area contributed by atoms with E-state index in [4.69, 9.17) is 4.74 Å². The first-order valence-electron chi connectivity index (χ1n) is 4.33. The van der Waals surface area contributed by atoms with Crippen molar-refractivity contribution in [1.29, 1.82) is 0 Å². The Hall–Kier alpha value is -1.49.